The summed E-state index contributed by atoms with van der Waals surface area (Å²) in [5.74, 6) is 1.72. The van der Waals surface area contributed by atoms with Gasteiger partial charge in [-0.1, -0.05) is 6.07 Å². The van der Waals surface area contributed by atoms with Crippen LogP contribution < -0.4 is 10.1 Å². The third-order valence-electron chi connectivity index (χ3n) is 4.01. The van der Waals surface area contributed by atoms with Crippen LogP contribution in [-0.4, -0.2) is 37.7 Å². The van der Waals surface area contributed by atoms with Gasteiger partial charge in [0.15, 0.2) is 0 Å². The van der Waals surface area contributed by atoms with Crippen LogP contribution in [0.25, 0.3) is 0 Å². The first-order chi connectivity index (χ1) is 9.19. The first-order valence-electron chi connectivity index (χ1n) is 7.37. The molecule has 0 spiro atoms. The maximum atomic E-state index is 5.54. The third-order valence-corrected chi connectivity index (χ3v) is 4.01. The first-order valence-corrected chi connectivity index (χ1v) is 7.37. The lowest BCUT2D eigenvalue weighted by molar-refractivity contribution is 0.208. The van der Waals surface area contributed by atoms with Gasteiger partial charge in [0.25, 0.3) is 0 Å². The molecule has 0 bridgehead atoms. The molecule has 1 saturated heterocycles. The molecule has 0 amide bonds. The van der Waals surface area contributed by atoms with Gasteiger partial charge in [0, 0.05) is 17.8 Å². The van der Waals surface area contributed by atoms with Crippen LogP contribution in [0.3, 0.4) is 0 Å². The van der Waals surface area contributed by atoms with Crippen molar-refractivity contribution in [3.05, 3.63) is 24.3 Å². The van der Waals surface area contributed by atoms with Crippen molar-refractivity contribution in [2.75, 3.05) is 32.1 Å². The van der Waals surface area contributed by atoms with E-state index in [0.29, 0.717) is 12.6 Å². The molecule has 0 radical (unpaired) electrons. The van der Waals surface area contributed by atoms with E-state index in [1.54, 1.807) is 0 Å². The van der Waals surface area contributed by atoms with Gasteiger partial charge in [-0.3, -0.25) is 0 Å². The van der Waals surface area contributed by atoms with Crippen LogP contribution in [0.1, 0.15) is 26.7 Å². The average Bonchev–Trinajstić information content (AvgIpc) is 2.40. The molecule has 106 valence electrons. The second-order valence-electron chi connectivity index (χ2n) is 5.53. The van der Waals surface area contributed by atoms with E-state index >= 15 is 0 Å². The van der Waals surface area contributed by atoms with Gasteiger partial charge in [-0.25, -0.2) is 0 Å². The van der Waals surface area contributed by atoms with Gasteiger partial charge < -0.3 is 15.0 Å². The van der Waals surface area contributed by atoms with Gasteiger partial charge in [-0.05, 0) is 64.9 Å². The molecule has 1 aromatic carbocycles. The van der Waals surface area contributed by atoms with Crippen molar-refractivity contribution in [1.29, 1.82) is 0 Å². The summed E-state index contributed by atoms with van der Waals surface area (Å²) in [6, 6.07) is 8.79. The summed E-state index contributed by atoms with van der Waals surface area (Å²) in [6.45, 7) is 7.46. The lowest BCUT2D eigenvalue weighted by atomic mass is 9.90. The largest absolute Gasteiger partial charge is 0.494 e. The molecule has 0 saturated carbocycles. The second-order valence-corrected chi connectivity index (χ2v) is 5.53. The zero-order chi connectivity index (χ0) is 13.7. The summed E-state index contributed by atoms with van der Waals surface area (Å²) in [7, 11) is 2.21. The summed E-state index contributed by atoms with van der Waals surface area (Å²) < 4.78 is 5.54. The number of hydrogen-bond donors (Lipinski definition) is 1. The van der Waals surface area contributed by atoms with E-state index in [1.807, 2.05) is 13.0 Å². The maximum Gasteiger partial charge on any atom is 0.121 e. The molecule has 1 aliphatic heterocycles. The van der Waals surface area contributed by atoms with Crippen LogP contribution >= 0.6 is 0 Å². The monoisotopic (exact) mass is 262 g/mol. The van der Waals surface area contributed by atoms with Crippen LogP contribution in [0.2, 0.25) is 0 Å². The van der Waals surface area contributed by atoms with Gasteiger partial charge in [-0.15, -0.1) is 0 Å². The smallest absolute Gasteiger partial charge is 0.121 e. The van der Waals surface area contributed by atoms with E-state index in [9.17, 15) is 0 Å². The minimum absolute atomic E-state index is 0.519. The highest BCUT2D eigenvalue weighted by atomic mass is 16.5. The standard InChI is InChI=1S/C16H26N2O/c1-4-19-16-7-5-6-15(12-16)17-13(2)14-8-10-18(3)11-9-14/h5-7,12-14,17H,4,8-11H2,1-3H3. The fraction of sp³-hybridized carbons (Fsp3) is 0.625. The van der Waals surface area contributed by atoms with Gasteiger partial charge in [0.1, 0.15) is 5.75 Å². The van der Waals surface area contributed by atoms with Crippen LogP contribution in [-0.2, 0) is 0 Å². The minimum Gasteiger partial charge on any atom is -0.494 e. The van der Waals surface area contributed by atoms with Crippen LogP contribution in [0.4, 0.5) is 5.69 Å². The Bertz CT molecular complexity index is 386. The molecular weight excluding hydrogens is 236 g/mol. The van der Waals surface area contributed by atoms with E-state index in [4.69, 9.17) is 4.74 Å². The highest BCUT2D eigenvalue weighted by molar-refractivity contribution is 5.48. The summed E-state index contributed by atoms with van der Waals surface area (Å²) >= 11 is 0. The quantitative estimate of drug-likeness (QED) is 0.881. The molecule has 1 heterocycles. The molecule has 1 aliphatic rings. The van der Waals surface area contributed by atoms with Crippen LogP contribution in [0.15, 0.2) is 24.3 Å². The SMILES string of the molecule is CCOc1cccc(NC(C)C2CCN(C)CC2)c1. The third kappa shape index (κ3) is 4.13. The van der Waals surface area contributed by atoms with Gasteiger partial charge in [0.05, 0.1) is 6.61 Å². The number of ether oxygens (including phenoxy) is 1. The van der Waals surface area contributed by atoms with Crippen molar-refractivity contribution in [3.63, 3.8) is 0 Å². The number of nitrogens with one attached hydrogen (secondary N) is 1. The molecule has 3 nitrogen and oxygen atoms in total. The van der Waals surface area contributed by atoms with E-state index in [2.05, 4.69) is 42.4 Å². The fourth-order valence-corrected chi connectivity index (χ4v) is 2.75. The number of nitrogens with zero attached hydrogens (tertiary/aromatic N) is 1. The fourth-order valence-electron chi connectivity index (χ4n) is 2.75. The summed E-state index contributed by atoms with van der Waals surface area (Å²) in [4.78, 5) is 2.42. The molecular formula is C16H26N2O. The Labute approximate surface area is 116 Å². The number of piperidine rings is 1. The van der Waals surface area contributed by atoms with Crippen molar-refractivity contribution >= 4 is 5.69 Å². The maximum absolute atomic E-state index is 5.54. The molecule has 1 fully saturated rings. The van der Waals surface area contributed by atoms with Gasteiger partial charge in [-0.2, -0.15) is 0 Å². The number of rotatable bonds is 5. The topological polar surface area (TPSA) is 24.5 Å². The Morgan fingerprint density at radius 1 is 1.37 bits per heavy atom. The van der Waals surface area contributed by atoms with E-state index in [-0.39, 0.29) is 0 Å². The van der Waals surface area contributed by atoms with Gasteiger partial charge in [0.2, 0.25) is 0 Å². The van der Waals surface area contributed by atoms with E-state index in [1.165, 1.54) is 25.9 Å². The van der Waals surface area contributed by atoms with Gasteiger partial charge >= 0.3 is 0 Å². The predicted molar refractivity (Wildman–Crippen MR) is 80.9 cm³/mol. The van der Waals surface area contributed by atoms with Crippen LogP contribution in [0, 0.1) is 5.92 Å². The summed E-state index contributed by atoms with van der Waals surface area (Å²) in [5.41, 5.74) is 1.16. The molecule has 1 unspecified atom stereocenters. The Morgan fingerprint density at radius 3 is 2.79 bits per heavy atom. The highest BCUT2D eigenvalue weighted by Crippen LogP contribution is 2.24. The molecule has 3 heteroatoms. The number of benzene rings is 1. The molecule has 19 heavy (non-hydrogen) atoms. The Kier molecular flexibility index (Phi) is 5.08. The zero-order valence-corrected chi connectivity index (χ0v) is 12.4. The first kappa shape index (κ1) is 14.2. The summed E-state index contributed by atoms with van der Waals surface area (Å²) in [5, 5.41) is 3.63. The van der Waals surface area contributed by atoms with Crippen molar-refractivity contribution in [1.82, 2.24) is 4.90 Å². The molecule has 1 N–H and O–H groups in total. The second kappa shape index (κ2) is 6.80. The van der Waals surface area contributed by atoms with E-state index in [0.717, 1.165) is 17.4 Å². The Hall–Kier alpha value is -1.22. The summed E-state index contributed by atoms with van der Waals surface area (Å²) in [6.07, 6.45) is 2.58. The van der Waals surface area contributed by atoms with E-state index < -0.39 is 0 Å². The zero-order valence-electron chi connectivity index (χ0n) is 12.4. The van der Waals surface area contributed by atoms with Crippen molar-refractivity contribution in [2.24, 2.45) is 5.92 Å². The van der Waals surface area contributed by atoms with Crippen molar-refractivity contribution in [3.8, 4) is 5.75 Å². The average molecular weight is 262 g/mol. The van der Waals surface area contributed by atoms with Crippen molar-refractivity contribution < 1.29 is 4.74 Å². The van der Waals surface area contributed by atoms with Crippen molar-refractivity contribution in [2.45, 2.75) is 32.7 Å². The lowest BCUT2D eigenvalue weighted by Crippen LogP contribution is -2.37. The molecule has 0 aromatic heterocycles. The lowest BCUT2D eigenvalue weighted by Gasteiger charge is -2.33. The Morgan fingerprint density at radius 2 is 2.11 bits per heavy atom. The minimum atomic E-state index is 0.519. The predicted octanol–water partition coefficient (Wildman–Crippen LogP) is 3.23. The molecule has 1 aromatic rings. The molecule has 0 aliphatic carbocycles. The number of likely N-dealkylation sites (tertiary alicyclic amines) is 1. The molecule has 2 rings (SSSR count). The normalized spacial score (nSPS) is 19.1. The number of hydrogen-bond acceptors (Lipinski definition) is 3. The highest BCUT2D eigenvalue weighted by Gasteiger charge is 2.22. The van der Waals surface area contributed by atoms with Crippen LogP contribution in [0.5, 0.6) is 5.75 Å². The molecule has 1 atom stereocenters. The number of anilines is 1. The Balaban J connectivity index is 1.90.